The van der Waals surface area contributed by atoms with Crippen molar-refractivity contribution < 1.29 is 19.5 Å². The van der Waals surface area contributed by atoms with E-state index in [1.807, 2.05) is 87.5 Å². The number of aliphatic hydroxyl groups excluding tert-OH is 1. The van der Waals surface area contributed by atoms with Gasteiger partial charge < -0.3 is 19.8 Å². The molecule has 0 saturated carbocycles. The Morgan fingerprint density at radius 2 is 1.68 bits per heavy atom. The molecule has 4 heterocycles. The van der Waals surface area contributed by atoms with Gasteiger partial charge in [0.15, 0.2) is 0 Å². The second-order valence-corrected chi connectivity index (χ2v) is 13.8. The van der Waals surface area contributed by atoms with Crippen LogP contribution in [0.5, 0.6) is 0 Å². The summed E-state index contributed by atoms with van der Waals surface area (Å²) in [7, 11) is 1.77. The normalized spacial score (nSPS) is 31.6. The fraction of sp³-hybridized carbons (Fsp3) is 0.424. The molecular formula is C33H37N3O4S. The first-order valence-electron chi connectivity index (χ1n) is 14.3. The van der Waals surface area contributed by atoms with E-state index in [1.165, 1.54) is 0 Å². The molecule has 214 valence electrons. The molecule has 0 radical (unpaired) electrons. The first-order valence-corrected chi connectivity index (χ1v) is 15.1. The Hall–Kier alpha value is -3.36. The summed E-state index contributed by atoms with van der Waals surface area (Å²) in [4.78, 5) is 48.6. The van der Waals surface area contributed by atoms with E-state index >= 15 is 0 Å². The van der Waals surface area contributed by atoms with Crippen molar-refractivity contribution in [1.82, 2.24) is 9.80 Å². The fourth-order valence-corrected chi connectivity index (χ4v) is 9.48. The van der Waals surface area contributed by atoms with Gasteiger partial charge in [0.05, 0.1) is 29.2 Å². The van der Waals surface area contributed by atoms with Crippen molar-refractivity contribution >= 4 is 35.2 Å². The quantitative estimate of drug-likeness (QED) is 0.556. The Morgan fingerprint density at radius 3 is 2.41 bits per heavy atom. The van der Waals surface area contributed by atoms with Gasteiger partial charge in [-0.05, 0) is 49.9 Å². The summed E-state index contributed by atoms with van der Waals surface area (Å²) >= 11 is 1.57. The monoisotopic (exact) mass is 571 g/mol. The van der Waals surface area contributed by atoms with E-state index in [0.717, 1.165) is 22.4 Å². The lowest BCUT2D eigenvalue weighted by atomic mass is 9.74. The average Bonchev–Trinajstić information content (AvgIpc) is 3.24. The van der Waals surface area contributed by atoms with Gasteiger partial charge >= 0.3 is 0 Å². The second-order valence-electron chi connectivity index (χ2n) is 12.0. The topological polar surface area (TPSA) is 81.2 Å². The van der Waals surface area contributed by atoms with Crippen LogP contribution in [0.25, 0.3) is 0 Å². The van der Waals surface area contributed by atoms with Gasteiger partial charge in [-0.15, -0.1) is 11.8 Å². The number of aryl methyl sites for hydroxylation is 2. The van der Waals surface area contributed by atoms with Gasteiger partial charge in [-0.3, -0.25) is 14.4 Å². The molecule has 41 heavy (non-hydrogen) atoms. The number of aliphatic hydroxyl groups is 1. The number of rotatable bonds is 5. The highest BCUT2D eigenvalue weighted by atomic mass is 32.2. The Labute approximate surface area is 245 Å². The highest BCUT2D eigenvalue weighted by Gasteiger charge is 2.74. The maximum Gasteiger partial charge on any atom is 0.251 e. The number of hydrogen-bond donors (Lipinski definition) is 1. The molecule has 2 saturated heterocycles. The van der Waals surface area contributed by atoms with Crippen LogP contribution in [0.15, 0.2) is 72.8 Å². The van der Waals surface area contributed by atoms with Crippen LogP contribution in [0.4, 0.5) is 5.69 Å². The maximum absolute atomic E-state index is 14.9. The zero-order valence-corrected chi connectivity index (χ0v) is 24.8. The molecule has 0 aromatic heterocycles. The van der Waals surface area contributed by atoms with Crippen molar-refractivity contribution in [3.05, 3.63) is 89.5 Å². The molecule has 1 N–H and O–H groups in total. The summed E-state index contributed by atoms with van der Waals surface area (Å²) < 4.78 is -1.61. The number of likely N-dealkylation sites (N-methyl/N-ethyl adjacent to an activating group) is 1. The SMILES string of the molecule is Cc1ccc(C)c(N2CC=C[C@]34S[C@]5(C)C=CCN(C)C(=O)[C@@H]5[C@H]3C(=O)N([C@@H](CO)Cc3ccccc3)C4C2=O)c1. The van der Waals surface area contributed by atoms with Crippen molar-refractivity contribution in [2.24, 2.45) is 11.8 Å². The molecule has 0 bridgehead atoms. The van der Waals surface area contributed by atoms with Gasteiger partial charge in [0.1, 0.15) is 6.04 Å². The summed E-state index contributed by atoms with van der Waals surface area (Å²) in [6, 6.07) is 14.3. The minimum absolute atomic E-state index is 0.0825. The number of fused-ring (bicyclic) bond motifs is 2. The van der Waals surface area contributed by atoms with Crippen molar-refractivity contribution in [2.75, 3.05) is 31.6 Å². The lowest BCUT2D eigenvalue weighted by Gasteiger charge is -2.40. The van der Waals surface area contributed by atoms with E-state index in [2.05, 4.69) is 6.08 Å². The molecule has 3 amide bonds. The van der Waals surface area contributed by atoms with E-state index in [1.54, 1.807) is 33.5 Å². The Kier molecular flexibility index (Phi) is 6.90. The summed E-state index contributed by atoms with van der Waals surface area (Å²) in [5.41, 5.74) is 3.80. The first kappa shape index (κ1) is 27.8. The average molecular weight is 572 g/mol. The van der Waals surface area contributed by atoms with Crippen LogP contribution in [-0.4, -0.2) is 80.9 Å². The molecule has 1 unspecified atom stereocenters. The van der Waals surface area contributed by atoms with Crippen LogP contribution in [-0.2, 0) is 20.8 Å². The standard InChI is InChI=1S/C33H37N3O4S/c1-21-12-13-22(2)25(18-21)35-17-9-15-33-27(26-29(38)34(4)16-8-14-32(26,3)41-33)30(39)36(28(33)31(35)40)24(20-37)19-23-10-6-5-7-11-23/h5-15,18,24,26-28,37H,16-17,19-20H2,1-4H3/t24-,26+,27+,28?,32-,33+/m1/s1. The zero-order valence-electron chi connectivity index (χ0n) is 24.0. The van der Waals surface area contributed by atoms with Gasteiger partial charge in [0.25, 0.3) is 5.91 Å². The highest BCUT2D eigenvalue weighted by molar-refractivity contribution is 8.02. The van der Waals surface area contributed by atoms with Crippen LogP contribution >= 0.6 is 11.8 Å². The number of carbonyl (C=O) groups is 3. The molecule has 8 heteroatoms. The second kappa shape index (κ2) is 10.2. The Bertz CT molecular complexity index is 1460. The summed E-state index contributed by atoms with van der Waals surface area (Å²) in [5, 5.41) is 10.7. The number of benzene rings is 2. The highest BCUT2D eigenvalue weighted by Crippen LogP contribution is 2.66. The number of nitrogens with zero attached hydrogens (tertiary/aromatic N) is 3. The lowest BCUT2D eigenvalue weighted by molar-refractivity contribution is -0.144. The molecule has 6 atom stereocenters. The molecule has 0 aliphatic carbocycles. The number of carbonyl (C=O) groups excluding carboxylic acids is 3. The van der Waals surface area contributed by atoms with Gasteiger partial charge in [-0.1, -0.05) is 66.8 Å². The van der Waals surface area contributed by atoms with Crippen molar-refractivity contribution in [1.29, 1.82) is 0 Å². The third-order valence-electron chi connectivity index (χ3n) is 9.27. The largest absolute Gasteiger partial charge is 0.394 e. The molecule has 2 fully saturated rings. The van der Waals surface area contributed by atoms with Crippen LogP contribution in [0.3, 0.4) is 0 Å². The molecule has 4 aliphatic rings. The molecule has 7 nitrogen and oxygen atoms in total. The van der Waals surface area contributed by atoms with E-state index in [9.17, 15) is 19.5 Å². The summed E-state index contributed by atoms with van der Waals surface area (Å²) in [5.74, 6) is -1.85. The molecule has 4 aliphatic heterocycles. The number of hydrogen-bond acceptors (Lipinski definition) is 5. The first-order chi connectivity index (χ1) is 19.6. The van der Waals surface area contributed by atoms with Crippen LogP contribution in [0.2, 0.25) is 0 Å². The number of thioether (sulfide) groups is 1. The summed E-state index contributed by atoms with van der Waals surface area (Å²) in [6.07, 6.45) is 8.49. The van der Waals surface area contributed by atoms with E-state index in [-0.39, 0.29) is 24.3 Å². The number of anilines is 1. The predicted octanol–water partition coefficient (Wildman–Crippen LogP) is 3.53. The van der Waals surface area contributed by atoms with E-state index < -0.39 is 33.4 Å². The van der Waals surface area contributed by atoms with Crippen LogP contribution < -0.4 is 4.90 Å². The minimum Gasteiger partial charge on any atom is -0.394 e. The van der Waals surface area contributed by atoms with Crippen molar-refractivity contribution in [3.63, 3.8) is 0 Å². The van der Waals surface area contributed by atoms with Crippen LogP contribution in [0.1, 0.15) is 23.6 Å². The van der Waals surface area contributed by atoms with Gasteiger partial charge in [0.2, 0.25) is 11.8 Å². The molecule has 2 aromatic carbocycles. The van der Waals surface area contributed by atoms with Crippen molar-refractivity contribution in [3.8, 4) is 0 Å². The third kappa shape index (κ3) is 4.26. The Morgan fingerprint density at radius 1 is 0.951 bits per heavy atom. The number of amides is 3. The van der Waals surface area contributed by atoms with Gasteiger partial charge in [-0.25, -0.2) is 0 Å². The lowest BCUT2D eigenvalue weighted by Crippen LogP contribution is -2.57. The molecule has 6 rings (SSSR count). The number of likely N-dealkylation sites (tertiary alicyclic amines) is 1. The Balaban J connectivity index is 1.52. The van der Waals surface area contributed by atoms with Crippen LogP contribution in [0, 0.1) is 25.7 Å². The molecular weight excluding hydrogens is 534 g/mol. The maximum atomic E-state index is 14.9. The fourth-order valence-electron chi connectivity index (χ4n) is 7.34. The predicted molar refractivity (Wildman–Crippen MR) is 162 cm³/mol. The molecule has 2 aromatic rings. The van der Waals surface area contributed by atoms with Gasteiger partial charge in [0, 0.05) is 30.6 Å². The van der Waals surface area contributed by atoms with Crippen molar-refractivity contribution in [2.45, 2.75) is 48.8 Å². The summed E-state index contributed by atoms with van der Waals surface area (Å²) in [6.45, 7) is 6.57. The minimum atomic E-state index is -0.956. The third-order valence-corrected chi connectivity index (χ3v) is 11.1. The van der Waals surface area contributed by atoms with E-state index in [4.69, 9.17) is 0 Å². The van der Waals surface area contributed by atoms with Gasteiger partial charge in [-0.2, -0.15) is 0 Å². The zero-order chi connectivity index (χ0) is 29.1. The van der Waals surface area contributed by atoms with E-state index in [0.29, 0.717) is 19.5 Å². The molecule has 1 spiro atoms. The smallest absolute Gasteiger partial charge is 0.251 e.